The Morgan fingerprint density at radius 2 is 1.79 bits per heavy atom. The second kappa shape index (κ2) is 8.21. The maximum Gasteiger partial charge on any atom is 0.337 e. The molecule has 6 nitrogen and oxygen atoms in total. The number of anilines is 1. The molecule has 0 unspecified atom stereocenters. The van der Waals surface area contributed by atoms with Crippen LogP contribution in [0.5, 0.6) is 11.5 Å². The van der Waals surface area contributed by atoms with Gasteiger partial charge in [-0.2, -0.15) is 0 Å². The second-order valence-corrected chi connectivity index (χ2v) is 5.12. The topological polar surface area (TPSA) is 84.9 Å². The zero-order chi connectivity index (χ0) is 17.5. The maximum atomic E-state index is 11.9. The lowest BCUT2D eigenvalue weighted by Gasteiger charge is -2.12. The fraction of sp³-hybridized carbons (Fsp3) is 0.176. The fourth-order valence-corrected chi connectivity index (χ4v) is 2.21. The minimum atomic E-state index is -1.13. The van der Waals surface area contributed by atoms with Crippen molar-refractivity contribution in [1.29, 1.82) is 0 Å². The molecule has 1 amide bonds. The summed E-state index contributed by atoms with van der Waals surface area (Å²) in [6.45, 7) is 2.12. The normalized spacial score (nSPS) is 10.1. The van der Waals surface area contributed by atoms with E-state index >= 15 is 0 Å². The third-order valence-corrected chi connectivity index (χ3v) is 3.30. The van der Waals surface area contributed by atoms with Gasteiger partial charge in [-0.3, -0.25) is 4.79 Å². The van der Waals surface area contributed by atoms with E-state index in [4.69, 9.17) is 26.2 Å². The summed E-state index contributed by atoms with van der Waals surface area (Å²) >= 11 is 5.86. The number of ether oxygens (including phenoxy) is 2. The van der Waals surface area contributed by atoms with Gasteiger partial charge in [-0.1, -0.05) is 23.7 Å². The second-order valence-electron chi connectivity index (χ2n) is 4.72. The number of nitrogens with one attached hydrogen (secondary N) is 1. The number of carboxylic acids is 1. The number of halogens is 1. The van der Waals surface area contributed by atoms with E-state index in [2.05, 4.69) is 5.32 Å². The minimum Gasteiger partial charge on any atom is -0.490 e. The molecule has 7 heteroatoms. The molecule has 0 aliphatic carbocycles. The molecule has 0 fully saturated rings. The summed E-state index contributed by atoms with van der Waals surface area (Å²) in [6.07, 6.45) is 0. The van der Waals surface area contributed by atoms with Gasteiger partial charge in [0.2, 0.25) is 0 Å². The molecule has 0 heterocycles. The highest BCUT2D eigenvalue weighted by atomic mass is 35.5. The Kier molecular flexibility index (Phi) is 6.03. The van der Waals surface area contributed by atoms with E-state index < -0.39 is 11.9 Å². The van der Waals surface area contributed by atoms with Gasteiger partial charge in [0.25, 0.3) is 5.91 Å². The van der Waals surface area contributed by atoms with E-state index in [1.54, 1.807) is 18.2 Å². The number of para-hydroxylation sites is 2. The number of hydrogen-bond donors (Lipinski definition) is 2. The van der Waals surface area contributed by atoms with Crippen molar-refractivity contribution in [3.05, 3.63) is 53.1 Å². The Bertz CT molecular complexity index is 748. The quantitative estimate of drug-likeness (QED) is 0.799. The average molecular weight is 350 g/mol. The monoisotopic (exact) mass is 349 g/mol. The van der Waals surface area contributed by atoms with Crippen molar-refractivity contribution in [2.75, 3.05) is 18.5 Å². The SMILES string of the molecule is CCOc1ccccc1OCC(=O)Nc1ccc(C(=O)O)c(Cl)c1. The summed E-state index contributed by atoms with van der Waals surface area (Å²) < 4.78 is 10.9. The predicted octanol–water partition coefficient (Wildman–Crippen LogP) is 3.45. The van der Waals surface area contributed by atoms with Crippen LogP contribution in [0.2, 0.25) is 5.02 Å². The lowest BCUT2D eigenvalue weighted by atomic mass is 10.2. The Morgan fingerprint density at radius 1 is 1.12 bits per heavy atom. The molecule has 2 N–H and O–H groups in total. The molecule has 24 heavy (non-hydrogen) atoms. The zero-order valence-corrected chi connectivity index (χ0v) is 13.7. The highest BCUT2D eigenvalue weighted by Crippen LogP contribution is 2.26. The van der Waals surface area contributed by atoms with Crippen LogP contribution >= 0.6 is 11.6 Å². The summed E-state index contributed by atoms with van der Waals surface area (Å²) in [7, 11) is 0. The van der Waals surface area contributed by atoms with Crippen molar-refractivity contribution in [2.24, 2.45) is 0 Å². The Morgan fingerprint density at radius 3 is 2.38 bits per heavy atom. The van der Waals surface area contributed by atoms with E-state index in [9.17, 15) is 9.59 Å². The molecule has 0 aliphatic rings. The Hall–Kier alpha value is -2.73. The van der Waals surface area contributed by atoms with Crippen LogP contribution in [0.25, 0.3) is 0 Å². The summed E-state index contributed by atoms with van der Waals surface area (Å²) in [4.78, 5) is 22.8. The minimum absolute atomic E-state index is 0.0310. The van der Waals surface area contributed by atoms with Gasteiger partial charge >= 0.3 is 5.97 Å². The van der Waals surface area contributed by atoms with Crippen LogP contribution in [0.1, 0.15) is 17.3 Å². The highest BCUT2D eigenvalue weighted by molar-refractivity contribution is 6.33. The standard InChI is InChI=1S/C17H16ClNO5/c1-2-23-14-5-3-4-6-15(14)24-10-16(20)19-11-7-8-12(17(21)22)13(18)9-11/h3-9H,2,10H2,1H3,(H,19,20)(H,21,22). The zero-order valence-electron chi connectivity index (χ0n) is 12.9. The van der Waals surface area contributed by atoms with Crippen molar-refractivity contribution in [1.82, 2.24) is 0 Å². The average Bonchev–Trinajstić information content (AvgIpc) is 2.54. The third kappa shape index (κ3) is 4.63. The highest BCUT2D eigenvalue weighted by Gasteiger charge is 2.11. The van der Waals surface area contributed by atoms with E-state index in [1.165, 1.54) is 18.2 Å². The molecule has 0 atom stereocenters. The molecule has 0 aliphatic heterocycles. The molecule has 2 rings (SSSR count). The molecule has 126 valence electrons. The first-order valence-electron chi connectivity index (χ1n) is 7.18. The van der Waals surface area contributed by atoms with Crippen LogP contribution in [-0.2, 0) is 4.79 Å². The van der Waals surface area contributed by atoms with E-state index in [-0.39, 0.29) is 17.2 Å². The maximum absolute atomic E-state index is 11.9. The van der Waals surface area contributed by atoms with Crippen LogP contribution in [0.3, 0.4) is 0 Å². The van der Waals surface area contributed by atoms with Crippen molar-refractivity contribution >= 4 is 29.2 Å². The summed E-state index contributed by atoms with van der Waals surface area (Å²) in [6, 6.07) is 11.2. The largest absolute Gasteiger partial charge is 0.490 e. The van der Waals surface area contributed by atoms with Crippen LogP contribution in [0.15, 0.2) is 42.5 Å². The first-order chi connectivity index (χ1) is 11.5. The number of aromatic carboxylic acids is 1. The predicted molar refractivity (Wildman–Crippen MR) is 90.1 cm³/mol. The molecule has 0 bridgehead atoms. The molecule has 0 radical (unpaired) electrons. The number of rotatable bonds is 7. The molecule has 0 saturated heterocycles. The number of carbonyl (C=O) groups is 2. The van der Waals surface area contributed by atoms with Gasteiger partial charge in [0, 0.05) is 5.69 Å². The van der Waals surface area contributed by atoms with Crippen molar-refractivity contribution in [3.8, 4) is 11.5 Å². The van der Waals surface area contributed by atoms with Crippen LogP contribution in [-0.4, -0.2) is 30.2 Å². The van der Waals surface area contributed by atoms with Crippen molar-refractivity contribution < 1.29 is 24.2 Å². The number of carboxylic acid groups (broad SMARTS) is 1. The first-order valence-corrected chi connectivity index (χ1v) is 7.56. The molecule has 0 aromatic heterocycles. The Labute approximate surface area is 144 Å². The van der Waals surface area contributed by atoms with Gasteiger partial charge in [-0.25, -0.2) is 4.79 Å². The van der Waals surface area contributed by atoms with Crippen molar-refractivity contribution in [3.63, 3.8) is 0 Å². The van der Waals surface area contributed by atoms with Gasteiger partial charge in [0.15, 0.2) is 18.1 Å². The van der Waals surface area contributed by atoms with E-state index in [1.807, 2.05) is 13.0 Å². The van der Waals surface area contributed by atoms with Gasteiger partial charge in [-0.15, -0.1) is 0 Å². The van der Waals surface area contributed by atoms with Crippen LogP contribution in [0, 0.1) is 0 Å². The number of hydrogen-bond acceptors (Lipinski definition) is 4. The molecular formula is C17H16ClNO5. The van der Waals surface area contributed by atoms with Gasteiger partial charge in [0.05, 0.1) is 17.2 Å². The third-order valence-electron chi connectivity index (χ3n) is 2.99. The fourth-order valence-electron chi connectivity index (χ4n) is 1.95. The lowest BCUT2D eigenvalue weighted by molar-refractivity contribution is -0.118. The number of benzene rings is 2. The molecular weight excluding hydrogens is 334 g/mol. The van der Waals surface area contributed by atoms with Crippen LogP contribution < -0.4 is 14.8 Å². The summed E-state index contributed by atoms with van der Waals surface area (Å²) in [5, 5.41) is 11.5. The van der Waals surface area contributed by atoms with Crippen LogP contribution in [0.4, 0.5) is 5.69 Å². The molecule has 0 saturated carbocycles. The molecule has 2 aromatic rings. The smallest absolute Gasteiger partial charge is 0.337 e. The van der Waals surface area contributed by atoms with Gasteiger partial charge in [0.1, 0.15) is 0 Å². The number of carbonyl (C=O) groups excluding carboxylic acids is 1. The summed E-state index contributed by atoms with van der Waals surface area (Å²) in [5.74, 6) is -0.510. The number of amides is 1. The first kappa shape index (κ1) is 17.6. The van der Waals surface area contributed by atoms with Crippen molar-refractivity contribution in [2.45, 2.75) is 6.92 Å². The van der Waals surface area contributed by atoms with E-state index in [0.717, 1.165) is 0 Å². The van der Waals surface area contributed by atoms with Gasteiger partial charge in [-0.05, 0) is 37.3 Å². The summed E-state index contributed by atoms with van der Waals surface area (Å²) in [5.41, 5.74) is 0.355. The molecule has 2 aromatic carbocycles. The van der Waals surface area contributed by atoms with E-state index in [0.29, 0.717) is 23.8 Å². The lowest BCUT2D eigenvalue weighted by Crippen LogP contribution is -2.20. The molecule has 0 spiro atoms. The Balaban J connectivity index is 1.97. The van der Waals surface area contributed by atoms with Gasteiger partial charge < -0.3 is 19.9 Å².